The summed E-state index contributed by atoms with van der Waals surface area (Å²) in [5.41, 5.74) is 2.23. The lowest BCUT2D eigenvalue weighted by molar-refractivity contribution is 0.0734. The molecule has 0 aliphatic rings. The second-order valence-electron chi connectivity index (χ2n) is 4.49. The zero-order chi connectivity index (χ0) is 14.7. The van der Waals surface area contributed by atoms with E-state index in [-0.39, 0.29) is 0 Å². The minimum atomic E-state index is -0.409. The fraction of sp³-hybridized carbons (Fsp3) is 0.188. The van der Waals surface area contributed by atoms with Gasteiger partial charge in [0.2, 0.25) is 0 Å². The first-order valence-corrected chi connectivity index (χ1v) is 6.52. The third kappa shape index (κ3) is 3.11. The molecule has 104 valence electrons. The summed E-state index contributed by atoms with van der Waals surface area (Å²) in [6.07, 6.45) is 0. The Labute approximate surface area is 123 Å². The molecule has 0 saturated heterocycles. The minimum absolute atomic E-state index is 0.409. The van der Waals surface area contributed by atoms with E-state index >= 15 is 0 Å². The van der Waals surface area contributed by atoms with Crippen LogP contribution in [0.25, 0.3) is 0 Å². The van der Waals surface area contributed by atoms with Crippen molar-refractivity contribution in [2.75, 3.05) is 7.11 Å². The van der Waals surface area contributed by atoms with Crippen molar-refractivity contribution < 1.29 is 14.3 Å². The van der Waals surface area contributed by atoms with Gasteiger partial charge in [0.15, 0.2) is 0 Å². The maximum Gasteiger partial charge on any atom is 0.343 e. The Morgan fingerprint density at radius 1 is 1.00 bits per heavy atom. The van der Waals surface area contributed by atoms with Crippen molar-refractivity contribution in [3.8, 4) is 11.5 Å². The zero-order valence-electron chi connectivity index (χ0n) is 11.6. The summed E-state index contributed by atoms with van der Waals surface area (Å²) in [6.45, 7) is 3.75. The molecule has 0 aliphatic heterocycles. The van der Waals surface area contributed by atoms with E-state index in [0.717, 1.165) is 11.1 Å². The molecule has 0 aromatic heterocycles. The molecular formula is C16H15ClO3. The summed E-state index contributed by atoms with van der Waals surface area (Å²) in [4.78, 5) is 12.0. The fourth-order valence-corrected chi connectivity index (χ4v) is 1.97. The van der Waals surface area contributed by atoms with Gasteiger partial charge in [-0.05, 0) is 61.4 Å². The lowest BCUT2D eigenvalue weighted by Crippen LogP contribution is -2.08. The largest absolute Gasteiger partial charge is 0.497 e. The van der Waals surface area contributed by atoms with Gasteiger partial charge < -0.3 is 9.47 Å². The predicted molar refractivity (Wildman–Crippen MR) is 78.9 cm³/mol. The number of carbonyl (C=O) groups is 1. The van der Waals surface area contributed by atoms with E-state index in [9.17, 15) is 4.79 Å². The quantitative estimate of drug-likeness (QED) is 0.628. The van der Waals surface area contributed by atoms with Crippen molar-refractivity contribution in [2.45, 2.75) is 13.8 Å². The van der Waals surface area contributed by atoms with Gasteiger partial charge in [0.1, 0.15) is 11.5 Å². The lowest BCUT2D eigenvalue weighted by Gasteiger charge is -2.09. The Hall–Kier alpha value is -2.00. The topological polar surface area (TPSA) is 35.5 Å². The molecule has 2 rings (SSSR count). The van der Waals surface area contributed by atoms with Crippen LogP contribution in [0.4, 0.5) is 0 Å². The summed E-state index contributed by atoms with van der Waals surface area (Å²) >= 11 is 6.08. The van der Waals surface area contributed by atoms with Crippen molar-refractivity contribution in [1.82, 2.24) is 0 Å². The summed E-state index contributed by atoms with van der Waals surface area (Å²) in [6, 6.07) is 10.3. The maximum absolute atomic E-state index is 12.0. The monoisotopic (exact) mass is 290 g/mol. The van der Waals surface area contributed by atoms with Crippen LogP contribution < -0.4 is 9.47 Å². The fourth-order valence-electron chi connectivity index (χ4n) is 1.86. The van der Waals surface area contributed by atoms with Gasteiger partial charge in [-0.3, -0.25) is 0 Å². The van der Waals surface area contributed by atoms with E-state index in [1.54, 1.807) is 43.5 Å². The van der Waals surface area contributed by atoms with Crippen molar-refractivity contribution in [1.29, 1.82) is 0 Å². The molecule has 0 radical (unpaired) electrons. The summed E-state index contributed by atoms with van der Waals surface area (Å²) in [5.74, 6) is 0.777. The zero-order valence-corrected chi connectivity index (χ0v) is 12.3. The van der Waals surface area contributed by atoms with Crippen LogP contribution in [-0.2, 0) is 0 Å². The summed E-state index contributed by atoms with van der Waals surface area (Å²) in [5, 5.41) is 0.689. The van der Waals surface area contributed by atoms with Crippen LogP contribution in [0.2, 0.25) is 5.02 Å². The highest BCUT2D eigenvalue weighted by Gasteiger charge is 2.10. The smallest absolute Gasteiger partial charge is 0.343 e. The molecule has 0 spiro atoms. The summed E-state index contributed by atoms with van der Waals surface area (Å²) < 4.78 is 10.4. The van der Waals surface area contributed by atoms with Gasteiger partial charge in [-0.1, -0.05) is 11.6 Å². The van der Waals surface area contributed by atoms with E-state index in [4.69, 9.17) is 21.1 Å². The molecule has 0 unspecified atom stereocenters. The molecule has 4 heteroatoms. The van der Waals surface area contributed by atoms with Crippen LogP contribution in [0, 0.1) is 13.8 Å². The molecule has 20 heavy (non-hydrogen) atoms. The van der Waals surface area contributed by atoms with Crippen LogP contribution >= 0.6 is 11.6 Å². The Bertz CT molecular complexity index is 610. The number of hydrogen-bond acceptors (Lipinski definition) is 3. The molecule has 0 heterocycles. The number of hydrogen-bond donors (Lipinski definition) is 0. The van der Waals surface area contributed by atoms with Gasteiger partial charge in [0, 0.05) is 5.02 Å². The van der Waals surface area contributed by atoms with Crippen molar-refractivity contribution in [3.05, 3.63) is 58.1 Å². The molecule has 0 saturated carbocycles. The number of aryl methyl sites for hydroxylation is 2. The lowest BCUT2D eigenvalue weighted by atomic mass is 10.1. The molecule has 0 bridgehead atoms. The molecule has 0 N–H and O–H groups in total. The number of ether oxygens (including phenoxy) is 2. The second-order valence-corrected chi connectivity index (χ2v) is 4.87. The molecule has 0 fully saturated rings. The Morgan fingerprint density at radius 3 is 2.05 bits per heavy atom. The number of halogens is 1. The van der Waals surface area contributed by atoms with E-state index in [0.29, 0.717) is 22.1 Å². The highest BCUT2D eigenvalue weighted by atomic mass is 35.5. The van der Waals surface area contributed by atoms with E-state index in [1.165, 1.54) is 0 Å². The average molecular weight is 291 g/mol. The van der Waals surface area contributed by atoms with Gasteiger partial charge in [-0.2, -0.15) is 0 Å². The standard InChI is InChI=1S/C16H15ClO3/c1-10-8-14(9-11(2)15(10)17)20-16(18)12-4-6-13(19-3)7-5-12/h4-9H,1-3H3. The first kappa shape index (κ1) is 14.4. The number of methoxy groups -OCH3 is 1. The minimum Gasteiger partial charge on any atom is -0.497 e. The van der Waals surface area contributed by atoms with E-state index in [1.807, 2.05) is 13.8 Å². The highest BCUT2D eigenvalue weighted by Crippen LogP contribution is 2.26. The van der Waals surface area contributed by atoms with Crippen LogP contribution in [0.1, 0.15) is 21.5 Å². The normalized spacial score (nSPS) is 10.2. The Balaban J connectivity index is 2.18. The van der Waals surface area contributed by atoms with Gasteiger partial charge in [-0.15, -0.1) is 0 Å². The van der Waals surface area contributed by atoms with Crippen molar-refractivity contribution >= 4 is 17.6 Å². The molecule has 0 amide bonds. The first-order chi connectivity index (χ1) is 9.51. The first-order valence-electron chi connectivity index (χ1n) is 6.14. The molecule has 3 nitrogen and oxygen atoms in total. The van der Waals surface area contributed by atoms with Crippen molar-refractivity contribution in [2.24, 2.45) is 0 Å². The maximum atomic E-state index is 12.0. The van der Waals surface area contributed by atoms with Crippen LogP contribution in [0.5, 0.6) is 11.5 Å². The number of rotatable bonds is 3. The highest BCUT2D eigenvalue weighted by molar-refractivity contribution is 6.32. The van der Waals surface area contributed by atoms with Gasteiger partial charge >= 0.3 is 5.97 Å². The van der Waals surface area contributed by atoms with Crippen molar-refractivity contribution in [3.63, 3.8) is 0 Å². The predicted octanol–water partition coefficient (Wildman–Crippen LogP) is 4.18. The molecule has 0 aliphatic carbocycles. The Kier molecular flexibility index (Phi) is 4.30. The second kappa shape index (κ2) is 5.97. The van der Waals surface area contributed by atoms with E-state index < -0.39 is 5.97 Å². The third-order valence-corrected chi connectivity index (χ3v) is 3.54. The van der Waals surface area contributed by atoms with Crippen LogP contribution in [0.15, 0.2) is 36.4 Å². The van der Waals surface area contributed by atoms with Gasteiger partial charge in [0.25, 0.3) is 0 Å². The molecular weight excluding hydrogens is 276 g/mol. The number of carbonyl (C=O) groups excluding carboxylic acids is 1. The molecule has 0 atom stereocenters. The summed E-state index contributed by atoms with van der Waals surface area (Å²) in [7, 11) is 1.58. The SMILES string of the molecule is COc1ccc(C(=O)Oc2cc(C)c(Cl)c(C)c2)cc1. The molecule has 2 aromatic carbocycles. The Morgan fingerprint density at radius 2 is 1.55 bits per heavy atom. The average Bonchev–Trinajstić information content (AvgIpc) is 2.44. The van der Waals surface area contributed by atoms with Gasteiger partial charge in [0.05, 0.1) is 12.7 Å². The van der Waals surface area contributed by atoms with Crippen LogP contribution in [-0.4, -0.2) is 13.1 Å². The third-order valence-electron chi connectivity index (χ3n) is 2.95. The number of esters is 1. The van der Waals surface area contributed by atoms with E-state index in [2.05, 4.69) is 0 Å². The number of benzene rings is 2. The van der Waals surface area contributed by atoms with Gasteiger partial charge in [-0.25, -0.2) is 4.79 Å². The van der Waals surface area contributed by atoms with Crippen LogP contribution in [0.3, 0.4) is 0 Å². The molecule has 2 aromatic rings.